The molecule has 3 rings (SSSR count). The number of carbonyl (C=O) groups excluding carboxylic acids is 2. The summed E-state index contributed by atoms with van der Waals surface area (Å²) < 4.78 is 62.5. The lowest BCUT2D eigenvalue weighted by Crippen LogP contribution is -2.43. The van der Waals surface area contributed by atoms with Crippen molar-refractivity contribution in [2.24, 2.45) is 0 Å². The highest BCUT2D eigenvalue weighted by atomic mass is 127. The summed E-state index contributed by atoms with van der Waals surface area (Å²) in [5, 5.41) is 2.07. The Morgan fingerprint density at radius 1 is 1.03 bits per heavy atom. The van der Waals surface area contributed by atoms with Crippen LogP contribution in [-0.4, -0.2) is 23.7 Å². The van der Waals surface area contributed by atoms with Gasteiger partial charge in [-0.15, -0.1) is 0 Å². The van der Waals surface area contributed by atoms with Gasteiger partial charge in [0.25, 0.3) is 5.76 Å². The van der Waals surface area contributed by atoms with E-state index in [0.717, 1.165) is 15.7 Å². The minimum absolute atomic E-state index is 0.0181. The van der Waals surface area contributed by atoms with Crippen LogP contribution in [0.5, 0.6) is 17.2 Å². The summed E-state index contributed by atoms with van der Waals surface area (Å²) in [6.45, 7) is 6.27. The van der Waals surface area contributed by atoms with Crippen LogP contribution in [0.3, 0.4) is 0 Å². The second kappa shape index (κ2) is 10.4. The van der Waals surface area contributed by atoms with Crippen LogP contribution in [0.2, 0.25) is 0 Å². The van der Waals surface area contributed by atoms with E-state index in [1.807, 2.05) is 22.6 Å². The lowest BCUT2D eigenvalue weighted by atomic mass is 10.2. The van der Waals surface area contributed by atoms with Gasteiger partial charge < -0.3 is 23.9 Å². The SMILES string of the molecule is CC(NC(=O)OC(C)(C)C)C(=O)Oc1ccc2c(=O)c(Oc3ccc(I)cc3)c(C(F)(F)F)oc2c1. The molecule has 0 saturated heterocycles. The van der Waals surface area contributed by atoms with E-state index >= 15 is 0 Å². The Kier molecular flexibility index (Phi) is 7.86. The van der Waals surface area contributed by atoms with Crippen molar-refractivity contribution < 1.29 is 41.4 Å². The van der Waals surface area contributed by atoms with Crippen LogP contribution in [0.25, 0.3) is 11.0 Å². The molecule has 1 N–H and O–H groups in total. The molecule has 3 aromatic rings. The number of esters is 1. The Bertz CT molecular complexity index is 1350. The zero-order valence-electron chi connectivity index (χ0n) is 19.5. The Morgan fingerprint density at radius 3 is 2.22 bits per heavy atom. The van der Waals surface area contributed by atoms with Crippen molar-refractivity contribution in [3.8, 4) is 17.2 Å². The number of fused-ring (bicyclic) bond motifs is 1. The average Bonchev–Trinajstić information content (AvgIpc) is 2.74. The van der Waals surface area contributed by atoms with Gasteiger partial charge >= 0.3 is 18.2 Å². The highest BCUT2D eigenvalue weighted by Gasteiger charge is 2.40. The van der Waals surface area contributed by atoms with Crippen LogP contribution in [0.4, 0.5) is 18.0 Å². The van der Waals surface area contributed by atoms with Crippen molar-refractivity contribution in [2.45, 2.75) is 45.5 Å². The van der Waals surface area contributed by atoms with Crippen molar-refractivity contribution in [2.75, 3.05) is 0 Å². The second-order valence-electron chi connectivity index (χ2n) is 8.59. The van der Waals surface area contributed by atoms with Gasteiger partial charge in [-0.05, 0) is 86.7 Å². The molecule has 0 fully saturated rings. The number of ether oxygens (including phenoxy) is 3. The summed E-state index contributed by atoms with van der Waals surface area (Å²) in [5.41, 5.74) is -2.32. The maximum atomic E-state index is 13.7. The first-order chi connectivity index (χ1) is 16.6. The van der Waals surface area contributed by atoms with Crippen molar-refractivity contribution >= 4 is 45.6 Å². The molecule has 1 atom stereocenters. The Balaban J connectivity index is 1.90. The molecule has 0 spiro atoms. The molecule has 1 unspecified atom stereocenters. The smallest absolute Gasteiger partial charge is 0.449 e. The first kappa shape index (κ1) is 27.3. The van der Waals surface area contributed by atoms with Crippen LogP contribution in [0.15, 0.2) is 51.7 Å². The third kappa shape index (κ3) is 6.89. The van der Waals surface area contributed by atoms with E-state index in [2.05, 4.69) is 5.32 Å². The molecule has 0 aliphatic rings. The number of benzene rings is 2. The Labute approximate surface area is 216 Å². The molecule has 2 aromatic carbocycles. The molecule has 192 valence electrons. The maximum absolute atomic E-state index is 13.7. The number of rotatable bonds is 5. The molecular weight excluding hydrogens is 598 g/mol. The van der Waals surface area contributed by atoms with Crippen molar-refractivity contribution in [1.29, 1.82) is 0 Å². The standard InChI is InChI=1S/C24H21F3INO7/c1-12(29-22(32)36-23(2,3)4)21(31)34-15-9-10-16-17(11-15)35-20(24(25,26)27)19(18(16)30)33-14-7-5-13(28)6-8-14/h5-12H,1-4H3,(H,29,32). The number of nitrogens with one attached hydrogen (secondary N) is 1. The summed E-state index contributed by atoms with van der Waals surface area (Å²) in [6.07, 6.45) is -5.91. The van der Waals surface area contributed by atoms with Crippen molar-refractivity contribution in [3.63, 3.8) is 0 Å². The molecule has 1 heterocycles. The number of halogens is 4. The first-order valence-electron chi connectivity index (χ1n) is 10.5. The van der Waals surface area contributed by atoms with Gasteiger partial charge in [0, 0.05) is 9.64 Å². The van der Waals surface area contributed by atoms with Crippen LogP contribution >= 0.6 is 22.6 Å². The fourth-order valence-electron chi connectivity index (χ4n) is 2.87. The molecule has 1 amide bonds. The van der Waals surface area contributed by atoms with Gasteiger partial charge in [0.1, 0.15) is 28.7 Å². The average molecular weight is 619 g/mol. The fraction of sp³-hybridized carbons (Fsp3) is 0.292. The molecule has 0 aliphatic carbocycles. The van der Waals surface area contributed by atoms with E-state index in [4.69, 9.17) is 18.6 Å². The molecule has 0 bridgehead atoms. The van der Waals surface area contributed by atoms with E-state index in [1.54, 1.807) is 32.9 Å². The molecule has 12 heteroatoms. The lowest BCUT2D eigenvalue weighted by molar-refractivity contribution is -0.154. The molecule has 8 nitrogen and oxygen atoms in total. The molecule has 36 heavy (non-hydrogen) atoms. The Hall–Kier alpha value is -3.29. The summed E-state index contributed by atoms with van der Waals surface area (Å²) in [4.78, 5) is 37.1. The molecular formula is C24H21F3INO7. The largest absolute Gasteiger partial charge is 0.453 e. The zero-order valence-corrected chi connectivity index (χ0v) is 21.6. The highest BCUT2D eigenvalue weighted by molar-refractivity contribution is 14.1. The molecule has 0 saturated carbocycles. The fourth-order valence-corrected chi connectivity index (χ4v) is 3.23. The number of alkyl carbamates (subject to hydrolysis) is 1. The van der Waals surface area contributed by atoms with Crippen molar-refractivity contribution in [1.82, 2.24) is 5.32 Å². The number of amides is 1. The third-order valence-corrected chi connectivity index (χ3v) is 5.14. The quantitative estimate of drug-likeness (QED) is 0.212. The predicted octanol–water partition coefficient (Wildman–Crippen LogP) is 6.03. The number of carbonyl (C=O) groups is 2. The van der Waals surface area contributed by atoms with E-state index in [9.17, 15) is 27.6 Å². The van der Waals surface area contributed by atoms with Gasteiger partial charge in [-0.3, -0.25) is 4.79 Å². The van der Waals surface area contributed by atoms with Crippen LogP contribution in [0.1, 0.15) is 33.5 Å². The normalized spacial score (nSPS) is 12.7. The molecule has 0 radical (unpaired) electrons. The summed E-state index contributed by atoms with van der Waals surface area (Å²) >= 11 is 2.01. The lowest BCUT2D eigenvalue weighted by Gasteiger charge is -2.21. The maximum Gasteiger partial charge on any atom is 0.453 e. The van der Waals surface area contributed by atoms with Gasteiger partial charge in [0.2, 0.25) is 11.2 Å². The van der Waals surface area contributed by atoms with Gasteiger partial charge in [0.15, 0.2) is 0 Å². The number of hydrogen-bond donors (Lipinski definition) is 1. The van der Waals surface area contributed by atoms with Gasteiger partial charge in [0.05, 0.1) is 5.39 Å². The summed E-state index contributed by atoms with van der Waals surface area (Å²) in [6, 6.07) is 8.23. The molecule has 0 aliphatic heterocycles. The van der Waals surface area contributed by atoms with E-state index in [0.29, 0.717) is 0 Å². The third-order valence-electron chi connectivity index (χ3n) is 4.42. The second-order valence-corrected chi connectivity index (χ2v) is 9.84. The van der Waals surface area contributed by atoms with Gasteiger partial charge in [-0.25, -0.2) is 9.59 Å². The predicted molar refractivity (Wildman–Crippen MR) is 131 cm³/mol. The Morgan fingerprint density at radius 2 is 1.64 bits per heavy atom. The number of hydrogen-bond acceptors (Lipinski definition) is 7. The summed E-state index contributed by atoms with van der Waals surface area (Å²) in [5.74, 6) is -3.76. The van der Waals surface area contributed by atoms with E-state index in [1.165, 1.54) is 25.1 Å². The zero-order chi connectivity index (χ0) is 26.8. The minimum atomic E-state index is -5.05. The first-order valence-corrected chi connectivity index (χ1v) is 11.5. The minimum Gasteiger partial charge on any atom is -0.449 e. The number of alkyl halides is 3. The van der Waals surface area contributed by atoms with Crippen molar-refractivity contribution in [3.05, 3.63) is 62.0 Å². The highest BCUT2D eigenvalue weighted by Crippen LogP contribution is 2.38. The van der Waals surface area contributed by atoms with E-state index in [-0.39, 0.29) is 16.9 Å². The topological polar surface area (TPSA) is 104 Å². The summed E-state index contributed by atoms with van der Waals surface area (Å²) in [7, 11) is 0. The van der Waals surface area contributed by atoms with Gasteiger partial charge in [-0.1, -0.05) is 0 Å². The van der Waals surface area contributed by atoms with Crippen LogP contribution < -0.4 is 20.2 Å². The van der Waals surface area contributed by atoms with Gasteiger partial charge in [-0.2, -0.15) is 13.2 Å². The van der Waals surface area contributed by atoms with Crippen LogP contribution in [-0.2, 0) is 15.7 Å². The van der Waals surface area contributed by atoms with E-state index < -0.39 is 52.4 Å². The monoisotopic (exact) mass is 619 g/mol. The molecule has 1 aromatic heterocycles. The van der Waals surface area contributed by atoms with Crippen LogP contribution in [0, 0.1) is 3.57 Å².